The van der Waals surface area contributed by atoms with Gasteiger partial charge in [-0.25, -0.2) is 9.78 Å². The molecule has 0 radical (unpaired) electrons. The average Bonchev–Trinajstić information content (AvgIpc) is 2.84. The van der Waals surface area contributed by atoms with Gasteiger partial charge in [-0.05, 0) is 25.5 Å². The van der Waals surface area contributed by atoms with Crippen LogP contribution in [0, 0.1) is 0 Å². The van der Waals surface area contributed by atoms with Crippen LogP contribution in [0.2, 0.25) is 0 Å². The van der Waals surface area contributed by atoms with Crippen LogP contribution in [0.25, 0.3) is 10.4 Å². The number of hydrogen-bond donors (Lipinski definition) is 1. The quantitative estimate of drug-likeness (QED) is 0.909. The third kappa shape index (κ3) is 2.76. The molecule has 0 spiro atoms. The van der Waals surface area contributed by atoms with Gasteiger partial charge in [0.15, 0.2) is 5.69 Å². The topological polar surface area (TPSA) is 59.4 Å². The summed E-state index contributed by atoms with van der Waals surface area (Å²) in [5.74, 6) is -0.309. The van der Waals surface area contributed by atoms with Crippen LogP contribution < -0.4 is 4.74 Å². The van der Waals surface area contributed by atoms with Crippen LogP contribution in [0.5, 0.6) is 5.75 Å². The highest BCUT2D eigenvalue weighted by molar-refractivity contribution is 7.15. The highest BCUT2D eigenvalue weighted by Gasteiger charge is 2.20. The Morgan fingerprint density at radius 1 is 1.37 bits per heavy atom. The van der Waals surface area contributed by atoms with Crippen molar-refractivity contribution in [3.63, 3.8) is 0 Å². The van der Waals surface area contributed by atoms with Crippen LogP contribution in [0.1, 0.15) is 29.3 Å². The number of carbonyl (C=O) groups is 1. The molecule has 0 amide bonds. The summed E-state index contributed by atoms with van der Waals surface area (Å²) in [4.78, 5) is 16.1. The van der Waals surface area contributed by atoms with Gasteiger partial charge in [0.05, 0.1) is 16.5 Å². The minimum Gasteiger partial charge on any atom is -0.493 e. The van der Waals surface area contributed by atoms with E-state index in [1.807, 2.05) is 38.1 Å². The predicted octanol–water partition coefficient (Wildman–Crippen LogP) is 3.47. The number of hydrogen-bond acceptors (Lipinski definition) is 4. The third-order valence-corrected chi connectivity index (χ3v) is 3.84. The first-order valence-electron chi connectivity index (χ1n) is 6.12. The van der Waals surface area contributed by atoms with Crippen molar-refractivity contribution in [2.24, 2.45) is 0 Å². The number of carboxylic acids is 1. The van der Waals surface area contributed by atoms with Gasteiger partial charge in [-0.1, -0.05) is 19.1 Å². The zero-order valence-electron chi connectivity index (χ0n) is 10.8. The lowest BCUT2D eigenvalue weighted by Crippen LogP contribution is -2.00. The standard InChI is InChI=1S/C14H15NO3S/c1-3-11-15-12(14(16)17)13(19-11)9-7-5-6-8-10(9)18-4-2/h5-8H,3-4H2,1-2H3,(H,16,17). The van der Waals surface area contributed by atoms with E-state index in [0.29, 0.717) is 17.2 Å². The van der Waals surface area contributed by atoms with Gasteiger partial charge in [-0.15, -0.1) is 11.3 Å². The van der Waals surface area contributed by atoms with E-state index in [1.54, 1.807) is 0 Å². The summed E-state index contributed by atoms with van der Waals surface area (Å²) in [6, 6.07) is 7.45. The zero-order valence-corrected chi connectivity index (χ0v) is 11.7. The van der Waals surface area contributed by atoms with E-state index in [9.17, 15) is 9.90 Å². The molecule has 1 aromatic heterocycles. The Kier molecular flexibility index (Phi) is 4.16. The molecule has 0 atom stereocenters. The van der Waals surface area contributed by atoms with Crippen LogP contribution in [0.3, 0.4) is 0 Å². The molecule has 2 aromatic rings. The molecule has 100 valence electrons. The first-order valence-corrected chi connectivity index (χ1v) is 6.94. The molecular weight excluding hydrogens is 262 g/mol. The van der Waals surface area contributed by atoms with Gasteiger partial charge in [0.25, 0.3) is 0 Å². The van der Waals surface area contributed by atoms with Gasteiger partial charge in [-0.2, -0.15) is 0 Å². The van der Waals surface area contributed by atoms with Crippen molar-refractivity contribution in [3.05, 3.63) is 35.0 Å². The molecule has 0 bridgehead atoms. The molecule has 2 rings (SSSR count). The Labute approximate surface area is 115 Å². The minimum atomic E-state index is -1.00. The van der Waals surface area contributed by atoms with Crippen LogP contribution in [0.4, 0.5) is 0 Å². The number of ether oxygens (including phenoxy) is 1. The summed E-state index contributed by atoms with van der Waals surface area (Å²) in [6.07, 6.45) is 0.724. The van der Waals surface area contributed by atoms with E-state index < -0.39 is 5.97 Å². The third-order valence-electron chi connectivity index (χ3n) is 2.61. The molecule has 1 heterocycles. The van der Waals surface area contributed by atoms with Crippen LogP contribution in [-0.2, 0) is 6.42 Å². The number of carboxylic acid groups (broad SMARTS) is 1. The lowest BCUT2D eigenvalue weighted by molar-refractivity contribution is 0.0692. The van der Waals surface area contributed by atoms with Crippen molar-refractivity contribution in [2.45, 2.75) is 20.3 Å². The number of aromatic nitrogens is 1. The Balaban J connectivity index is 2.57. The fourth-order valence-electron chi connectivity index (χ4n) is 1.78. The van der Waals surface area contributed by atoms with Gasteiger partial charge in [-0.3, -0.25) is 0 Å². The maximum absolute atomic E-state index is 11.3. The maximum Gasteiger partial charge on any atom is 0.356 e. The highest BCUT2D eigenvalue weighted by Crippen LogP contribution is 2.36. The van der Waals surface area contributed by atoms with Crippen LogP contribution >= 0.6 is 11.3 Å². The monoisotopic (exact) mass is 277 g/mol. The van der Waals surface area contributed by atoms with E-state index >= 15 is 0 Å². The summed E-state index contributed by atoms with van der Waals surface area (Å²) in [5.41, 5.74) is 0.896. The smallest absolute Gasteiger partial charge is 0.356 e. The van der Waals surface area contributed by atoms with E-state index in [0.717, 1.165) is 17.0 Å². The van der Waals surface area contributed by atoms with Gasteiger partial charge in [0.2, 0.25) is 0 Å². The summed E-state index contributed by atoms with van der Waals surface area (Å²) < 4.78 is 5.55. The second-order valence-corrected chi connectivity index (χ2v) is 4.96. The fourth-order valence-corrected chi connectivity index (χ4v) is 2.80. The van der Waals surface area contributed by atoms with E-state index in [4.69, 9.17) is 4.74 Å². The second-order valence-electron chi connectivity index (χ2n) is 3.87. The molecule has 1 N–H and O–H groups in total. The number of benzene rings is 1. The van der Waals surface area contributed by atoms with Crippen molar-refractivity contribution < 1.29 is 14.6 Å². The number of nitrogens with zero attached hydrogens (tertiary/aromatic N) is 1. The van der Waals surface area contributed by atoms with Crippen molar-refractivity contribution in [2.75, 3.05) is 6.61 Å². The molecule has 0 aliphatic heterocycles. The molecule has 0 aliphatic carbocycles. The summed E-state index contributed by atoms with van der Waals surface area (Å²) in [5, 5.41) is 10.1. The van der Waals surface area contributed by atoms with Gasteiger partial charge < -0.3 is 9.84 Å². The Morgan fingerprint density at radius 3 is 2.74 bits per heavy atom. The zero-order chi connectivity index (χ0) is 13.8. The lowest BCUT2D eigenvalue weighted by atomic mass is 10.1. The largest absolute Gasteiger partial charge is 0.493 e. The van der Waals surface area contributed by atoms with E-state index in [-0.39, 0.29) is 5.69 Å². The molecule has 1 aromatic carbocycles. The lowest BCUT2D eigenvalue weighted by Gasteiger charge is -2.08. The van der Waals surface area contributed by atoms with Crippen LogP contribution in [-0.4, -0.2) is 22.7 Å². The van der Waals surface area contributed by atoms with Crippen molar-refractivity contribution in [3.8, 4) is 16.2 Å². The highest BCUT2D eigenvalue weighted by atomic mass is 32.1. The number of para-hydroxylation sites is 1. The Bertz CT molecular complexity index is 592. The fraction of sp³-hybridized carbons (Fsp3) is 0.286. The second kappa shape index (κ2) is 5.84. The molecule has 0 saturated carbocycles. The first kappa shape index (κ1) is 13.5. The Morgan fingerprint density at radius 2 is 2.11 bits per heavy atom. The van der Waals surface area contributed by atoms with E-state index in [2.05, 4.69) is 4.98 Å². The molecular formula is C14H15NO3S. The summed E-state index contributed by atoms with van der Waals surface area (Å²) in [7, 11) is 0. The SMILES string of the molecule is CCOc1ccccc1-c1sc(CC)nc1C(=O)O. The number of rotatable bonds is 5. The molecule has 0 saturated heterocycles. The van der Waals surface area contributed by atoms with Crippen molar-refractivity contribution in [1.29, 1.82) is 0 Å². The molecule has 5 heteroatoms. The minimum absolute atomic E-state index is 0.106. The number of aromatic carboxylic acids is 1. The number of thiazole rings is 1. The van der Waals surface area contributed by atoms with Crippen LogP contribution in [0.15, 0.2) is 24.3 Å². The molecule has 19 heavy (non-hydrogen) atoms. The van der Waals surface area contributed by atoms with Crippen molar-refractivity contribution >= 4 is 17.3 Å². The Hall–Kier alpha value is -1.88. The molecule has 0 aliphatic rings. The first-order chi connectivity index (χ1) is 9.17. The molecule has 4 nitrogen and oxygen atoms in total. The van der Waals surface area contributed by atoms with Gasteiger partial charge in [0, 0.05) is 5.56 Å². The molecule has 0 unspecified atom stereocenters. The molecule has 0 fully saturated rings. The van der Waals surface area contributed by atoms with Crippen molar-refractivity contribution in [1.82, 2.24) is 4.98 Å². The predicted molar refractivity (Wildman–Crippen MR) is 75.1 cm³/mol. The number of aryl methyl sites for hydroxylation is 1. The summed E-state index contributed by atoms with van der Waals surface area (Å²) >= 11 is 1.41. The van der Waals surface area contributed by atoms with Gasteiger partial charge in [0.1, 0.15) is 5.75 Å². The van der Waals surface area contributed by atoms with E-state index in [1.165, 1.54) is 11.3 Å². The van der Waals surface area contributed by atoms with Gasteiger partial charge >= 0.3 is 5.97 Å². The average molecular weight is 277 g/mol. The normalized spacial score (nSPS) is 10.4. The summed E-state index contributed by atoms with van der Waals surface area (Å²) in [6.45, 7) is 4.40. The maximum atomic E-state index is 11.3.